The molecule has 8 heteroatoms. The van der Waals surface area contributed by atoms with Gasteiger partial charge in [-0.05, 0) is 72.5 Å². The third kappa shape index (κ3) is 17.2. The van der Waals surface area contributed by atoms with Gasteiger partial charge in [-0.2, -0.15) is 10.2 Å². The van der Waals surface area contributed by atoms with E-state index < -0.39 is 0 Å². The van der Waals surface area contributed by atoms with Crippen molar-refractivity contribution in [1.29, 1.82) is 5.41 Å². The maximum atomic E-state index is 7.89. The van der Waals surface area contributed by atoms with Gasteiger partial charge in [-0.3, -0.25) is 5.41 Å². The molecule has 0 saturated heterocycles. The molecule has 0 aromatic heterocycles. The highest BCUT2D eigenvalue weighted by molar-refractivity contribution is 5.85. The van der Waals surface area contributed by atoms with Gasteiger partial charge in [0.25, 0.3) is 0 Å². The van der Waals surface area contributed by atoms with Crippen molar-refractivity contribution < 1.29 is 9.47 Å². The minimum absolute atomic E-state index is 0. The molecule has 0 aliphatic carbocycles. The molecule has 0 heterocycles. The van der Waals surface area contributed by atoms with E-state index in [1.54, 1.807) is 12.4 Å². The average Bonchev–Trinajstić information content (AvgIpc) is 2.94. The van der Waals surface area contributed by atoms with Crippen LogP contribution in [-0.2, 0) is 0 Å². The van der Waals surface area contributed by atoms with Crippen LogP contribution in [0.4, 0.5) is 0 Å². The molecule has 0 aliphatic rings. The summed E-state index contributed by atoms with van der Waals surface area (Å²) in [4.78, 5) is 0. The number of hydrogen-bond donors (Lipinski definition) is 3. The topological polar surface area (TPSA) is 91.1 Å². The van der Waals surface area contributed by atoms with E-state index in [9.17, 15) is 0 Å². The number of nitrogens with one attached hydrogen (secondary N) is 3. The Morgan fingerprint density at radius 1 is 0.615 bits per heavy atom. The lowest BCUT2D eigenvalue weighted by molar-refractivity contribution is 0.304. The summed E-state index contributed by atoms with van der Waals surface area (Å²) in [6.07, 6.45) is 18.4. The van der Waals surface area contributed by atoms with E-state index in [2.05, 4.69) is 34.9 Å². The zero-order chi connectivity index (χ0) is 27.1. The predicted octanol–water partition coefficient (Wildman–Crippen LogP) is 8.07. The third-order valence-corrected chi connectivity index (χ3v) is 6.07. The molecule has 0 bridgehead atoms. The Morgan fingerprint density at radius 3 is 1.36 bits per heavy atom. The number of unbranched alkanes of at least 4 members (excludes halogenated alkanes) is 10. The summed E-state index contributed by atoms with van der Waals surface area (Å²) in [6.45, 7) is 5.97. The molecule has 0 unspecified atom stereocenters. The maximum absolute atomic E-state index is 7.89. The lowest BCUT2D eigenvalue weighted by atomic mass is 10.1. The van der Waals surface area contributed by atoms with Gasteiger partial charge in [-0.15, -0.1) is 12.4 Å². The van der Waals surface area contributed by atoms with E-state index in [0.29, 0.717) is 0 Å². The van der Waals surface area contributed by atoms with Gasteiger partial charge >= 0.3 is 0 Å². The monoisotopic (exact) mass is 557 g/mol. The number of guanidine groups is 1. The van der Waals surface area contributed by atoms with Crippen molar-refractivity contribution in [2.45, 2.75) is 90.9 Å². The summed E-state index contributed by atoms with van der Waals surface area (Å²) in [6, 6.07) is 15.5. The smallest absolute Gasteiger partial charge is 0.230 e. The zero-order valence-electron chi connectivity index (χ0n) is 23.8. The molecule has 0 amide bonds. The van der Waals surface area contributed by atoms with E-state index in [0.717, 1.165) is 48.7 Å². The van der Waals surface area contributed by atoms with Crippen molar-refractivity contribution in [3.63, 3.8) is 0 Å². The predicted molar refractivity (Wildman–Crippen MR) is 167 cm³/mol. The number of ether oxygens (including phenoxy) is 2. The SMILES string of the molecule is CCCCCCCCOc1ccc(C=NNC(=N)NN=Cc2ccc(OCCCCCCCC)cc2)cc1.Cl. The fraction of sp³-hybridized carbons (Fsp3) is 0.516. The van der Waals surface area contributed by atoms with Crippen molar-refractivity contribution in [3.05, 3.63) is 59.7 Å². The molecule has 2 aromatic carbocycles. The highest BCUT2D eigenvalue weighted by Gasteiger charge is 1.97. The van der Waals surface area contributed by atoms with Crippen molar-refractivity contribution in [1.82, 2.24) is 10.9 Å². The van der Waals surface area contributed by atoms with E-state index in [-0.39, 0.29) is 18.4 Å². The third-order valence-electron chi connectivity index (χ3n) is 6.07. The Kier molecular flexibility index (Phi) is 19.9. The van der Waals surface area contributed by atoms with Crippen LogP contribution < -0.4 is 20.3 Å². The first-order valence-corrected chi connectivity index (χ1v) is 14.3. The first kappa shape index (κ1) is 34.0. The Morgan fingerprint density at radius 2 is 0.974 bits per heavy atom. The number of nitrogens with zero attached hydrogens (tertiary/aromatic N) is 2. The zero-order valence-corrected chi connectivity index (χ0v) is 24.6. The first-order valence-electron chi connectivity index (χ1n) is 14.3. The van der Waals surface area contributed by atoms with Crippen LogP contribution >= 0.6 is 12.4 Å². The van der Waals surface area contributed by atoms with Gasteiger partial charge in [0.1, 0.15) is 11.5 Å². The van der Waals surface area contributed by atoms with Crippen LogP contribution in [0.25, 0.3) is 0 Å². The average molecular weight is 558 g/mol. The van der Waals surface area contributed by atoms with Crippen LogP contribution in [0.3, 0.4) is 0 Å². The van der Waals surface area contributed by atoms with Crippen LogP contribution in [0.1, 0.15) is 102 Å². The summed E-state index contributed by atoms with van der Waals surface area (Å²) in [5.74, 6) is 1.71. The summed E-state index contributed by atoms with van der Waals surface area (Å²) in [5, 5.41) is 16.1. The molecule has 7 nitrogen and oxygen atoms in total. The van der Waals surface area contributed by atoms with Crippen molar-refractivity contribution in [3.8, 4) is 11.5 Å². The van der Waals surface area contributed by atoms with Gasteiger partial charge in [0, 0.05) is 0 Å². The lowest BCUT2D eigenvalue weighted by Crippen LogP contribution is -2.29. The molecule has 0 fully saturated rings. The van der Waals surface area contributed by atoms with Crippen LogP contribution in [0.2, 0.25) is 0 Å². The fourth-order valence-corrected chi connectivity index (χ4v) is 3.81. The first-order chi connectivity index (χ1) is 18.7. The quantitative estimate of drug-likeness (QED) is 0.0664. The maximum Gasteiger partial charge on any atom is 0.230 e. The second kappa shape index (κ2) is 22.9. The van der Waals surface area contributed by atoms with Gasteiger partial charge < -0.3 is 9.47 Å². The molecule has 0 saturated carbocycles. The number of rotatable bonds is 20. The largest absolute Gasteiger partial charge is 0.494 e. The molecule has 0 atom stereocenters. The van der Waals surface area contributed by atoms with Crippen molar-refractivity contribution in [2.24, 2.45) is 10.2 Å². The van der Waals surface area contributed by atoms with Gasteiger partial charge in [0.2, 0.25) is 5.96 Å². The molecule has 39 heavy (non-hydrogen) atoms. The standard InChI is InChI=1S/C31H47N5O2.ClH/c1-3-5-7-9-11-13-23-37-29-19-15-27(16-20-29)25-33-35-31(32)36-34-26-28-17-21-30(22-18-28)38-24-14-12-10-8-6-4-2;/h15-22,25-26H,3-14,23-24H2,1-2H3,(H3,32,35,36);1H. The van der Waals surface area contributed by atoms with Crippen molar-refractivity contribution in [2.75, 3.05) is 13.2 Å². The minimum atomic E-state index is -0.0183. The molecule has 0 spiro atoms. The molecule has 0 radical (unpaired) electrons. The van der Waals surface area contributed by atoms with Gasteiger partial charge in [0.15, 0.2) is 0 Å². The van der Waals surface area contributed by atoms with Crippen LogP contribution in [0.5, 0.6) is 11.5 Å². The lowest BCUT2D eigenvalue weighted by Gasteiger charge is -2.06. The summed E-state index contributed by atoms with van der Waals surface area (Å²) < 4.78 is 11.6. The highest BCUT2D eigenvalue weighted by Crippen LogP contribution is 2.14. The van der Waals surface area contributed by atoms with E-state index in [1.807, 2.05) is 48.5 Å². The van der Waals surface area contributed by atoms with Crippen LogP contribution in [-0.4, -0.2) is 31.6 Å². The second-order valence-corrected chi connectivity index (χ2v) is 9.49. The second-order valence-electron chi connectivity index (χ2n) is 9.49. The highest BCUT2D eigenvalue weighted by atomic mass is 35.5. The number of hydrazone groups is 2. The molecule has 216 valence electrons. The molecule has 3 N–H and O–H groups in total. The normalized spacial score (nSPS) is 10.9. The number of halogens is 1. The summed E-state index contributed by atoms with van der Waals surface area (Å²) >= 11 is 0. The van der Waals surface area contributed by atoms with Crippen molar-refractivity contribution >= 4 is 30.8 Å². The summed E-state index contributed by atoms with van der Waals surface area (Å²) in [7, 11) is 0. The van der Waals surface area contributed by atoms with Crippen LogP contribution in [0, 0.1) is 5.41 Å². The minimum Gasteiger partial charge on any atom is -0.494 e. The molecular formula is C31H48ClN5O2. The van der Waals surface area contributed by atoms with E-state index >= 15 is 0 Å². The van der Waals surface area contributed by atoms with E-state index in [4.69, 9.17) is 14.9 Å². The van der Waals surface area contributed by atoms with Gasteiger partial charge in [-0.1, -0.05) is 78.1 Å². The molecule has 2 rings (SSSR count). The Balaban J connectivity index is 0.00000760. The Bertz CT molecular complexity index is 858. The molecule has 2 aromatic rings. The Labute approximate surface area is 241 Å². The van der Waals surface area contributed by atoms with E-state index in [1.165, 1.54) is 64.2 Å². The summed E-state index contributed by atoms with van der Waals surface area (Å²) in [5.41, 5.74) is 7.08. The number of hydrogen-bond acceptors (Lipinski definition) is 5. The molecular weight excluding hydrogens is 510 g/mol. The van der Waals surface area contributed by atoms with Crippen LogP contribution in [0.15, 0.2) is 58.7 Å². The number of benzene rings is 2. The van der Waals surface area contributed by atoms with Gasteiger partial charge in [0.05, 0.1) is 25.6 Å². The van der Waals surface area contributed by atoms with Gasteiger partial charge in [-0.25, -0.2) is 10.9 Å². The fourth-order valence-electron chi connectivity index (χ4n) is 3.81. The molecule has 0 aliphatic heterocycles. The Hall–Kier alpha value is -3.06.